The van der Waals surface area contributed by atoms with E-state index >= 15 is 0 Å². The number of aromatic nitrogens is 1. The lowest BCUT2D eigenvalue weighted by Gasteiger charge is -2.11. The van der Waals surface area contributed by atoms with Crippen LogP contribution in [0.25, 0.3) is 11.3 Å². The van der Waals surface area contributed by atoms with Crippen molar-refractivity contribution in [3.05, 3.63) is 58.4 Å². The van der Waals surface area contributed by atoms with Crippen molar-refractivity contribution in [1.29, 1.82) is 0 Å². The normalized spacial score (nSPS) is 11.9. The minimum Gasteiger partial charge on any atom is -0.326 e. The van der Waals surface area contributed by atoms with E-state index in [-0.39, 0.29) is 16.1 Å². The number of rotatable bonds is 5. The Balaban J connectivity index is 1.84. The molecule has 0 atom stereocenters. The summed E-state index contributed by atoms with van der Waals surface area (Å²) >= 11 is 6.78. The number of halogens is 4. The van der Waals surface area contributed by atoms with Crippen LogP contribution >= 0.6 is 22.9 Å². The highest BCUT2D eigenvalue weighted by Crippen LogP contribution is 2.34. The van der Waals surface area contributed by atoms with Gasteiger partial charge >= 0.3 is 6.18 Å². The first-order chi connectivity index (χ1) is 14.0. The molecule has 12 heteroatoms. The Kier molecular flexibility index (Phi) is 6.06. The summed E-state index contributed by atoms with van der Waals surface area (Å²) in [5.74, 6) is -0.221. The largest absolute Gasteiger partial charge is 0.416 e. The van der Waals surface area contributed by atoms with Gasteiger partial charge < -0.3 is 5.32 Å². The SMILES string of the molecule is CC(=O)Nc1ccc(-c2csc(NS(=O)(=O)c3cc(C(F)(F)F)ccc3Cl)n2)cc1. The average Bonchev–Trinajstić information content (AvgIpc) is 3.08. The molecule has 0 radical (unpaired) electrons. The van der Waals surface area contributed by atoms with Crippen molar-refractivity contribution in [2.75, 3.05) is 10.0 Å². The van der Waals surface area contributed by atoms with Crippen molar-refractivity contribution in [2.24, 2.45) is 0 Å². The van der Waals surface area contributed by atoms with Crippen molar-refractivity contribution >= 4 is 49.7 Å². The van der Waals surface area contributed by atoms with Gasteiger partial charge in [-0.1, -0.05) is 23.7 Å². The van der Waals surface area contributed by atoms with Gasteiger partial charge in [-0.25, -0.2) is 13.4 Å². The zero-order valence-corrected chi connectivity index (χ0v) is 17.5. The maximum Gasteiger partial charge on any atom is 0.416 e. The first-order valence-electron chi connectivity index (χ1n) is 8.19. The number of carbonyl (C=O) groups excluding carboxylic acids is 1. The lowest BCUT2D eigenvalue weighted by molar-refractivity contribution is -0.137. The maximum absolute atomic E-state index is 12.9. The Labute approximate surface area is 178 Å². The van der Waals surface area contributed by atoms with Crippen molar-refractivity contribution in [1.82, 2.24) is 4.98 Å². The highest BCUT2D eigenvalue weighted by Gasteiger charge is 2.33. The number of nitrogens with one attached hydrogen (secondary N) is 2. The summed E-state index contributed by atoms with van der Waals surface area (Å²) in [6.45, 7) is 1.38. The van der Waals surface area contributed by atoms with Crippen LogP contribution in [0.5, 0.6) is 0 Å². The van der Waals surface area contributed by atoms with E-state index in [0.717, 1.165) is 17.4 Å². The van der Waals surface area contributed by atoms with Gasteiger partial charge in [0.2, 0.25) is 5.91 Å². The Hall–Kier alpha value is -2.63. The fourth-order valence-corrected chi connectivity index (χ4v) is 4.94. The second kappa shape index (κ2) is 8.25. The van der Waals surface area contributed by atoms with Crippen LogP contribution in [0.2, 0.25) is 5.02 Å². The quantitative estimate of drug-likeness (QED) is 0.528. The van der Waals surface area contributed by atoms with Gasteiger partial charge in [-0.15, -0.1) is 11.3 Å². The van der Waals surface area contributed by atoms with E-state index in [2.05, 4.69) is 15.0 Å². The van der Waals surface area contributed by atoms with E-state index in [1.54, 1.807) is 29.6 Å². The maximum atomic E-state index is 12.9. The van der Waals surface area contributed by atoms with Gasteiger partial charge in [0.1, 0.15) is 4.90 Å². The standard InChI is InChI=1S/C18H13ClF3N3O3S2/c1-10(26)23-13-5-2-11(3-6-13)15-9-29-17(24-15)25-30(27,28)16-8-12(18(20,21)22)4-7-14(16)19/h2-9H,1H3,(H,23,26)(H,24,25). The number of amides is 1. The van der Waals surface area contributed by atoms with E-state index < -0.39 is 26.7 Å². The van der Waals surface area contributed by atoms with E-state index in [1.165, 1.54) is 6.92 Å². The molecule has 1 heterocycles. The lowest BCUT2D eigenvalue weighted by atomic mass is 10.1. The molecule has 3 rings (SSSR count). The van der Waals surface area contributed by atoms with Crippen LogP contribution in [0.15, 0.2) is 52.7 Å². The first-order valence-corrected chi connectivity index (χ1v) is 10.9. The monoisotopic (exact) mass is 475 g/mol. The summed E-state index contributed by atoms with van der Waals surface area (Å²) in [6, 6.07) is 8.73. The van der Waals surface area contributed by atoms with Gasteiger partial charge in [0, 0.05) is 23.6 Å². The molecule has 0 bridgehead atoms. The minimum absolute atomic E-state index is 0.0376. The third kappa shape index (κ3) is 5.10. The van der Waals surface area contributed by atoms with Gasteiger partial charge in [-0.3, -0.25) is 9.52 Å². The minimum atomic E-state index is -4.72. The smallest absolute Gasteiger partial charge is 0.326 e. The van der Waals surface area contributed by atoms with Crippen LogP contribution in [0, 0.1) is 0 Å². The molecule has 0 fully saturated rings. The summed E-state index contributed by atoms with van der Waals surface area (Å²) in [5, 5.41) is 3.82. The molecule has 2 aromatic carbocycles. The van der Waals surface area contributed by atoms with Crippen LogP contribution in [-0.4, -0.2) is 19.3 Å². The molecular formula is C18H13ClF3N3O3S2. The first kappa shape index (κ1) is 22.1. The molecule has 0 saturated carbocycles. The Bertz CT molecular complexity index is 1190. The number of thiazole rings is 1. The molecule has 0 aliphatic heterocycles. The summed E-state index contributed by atoms with van der Waals surface area (Å²) < 4.78 is 66.0. The zero-order chi connectivity index (χ0) is 22.1. The predicted molar refractivity (Wildman–Crippen MR) is 109 cm³/mol. The molecule has 0 aliphatic carbocycles. The van der Waals surface area contributed by atoms with Crippen LogP contribution in [0.4, 0.5) is 24.0 Å². The van der Waals surface area contributed by atoms with Crippen molar-refractivity contribution in [3.8, 4) is 11.3 Å². The molecule has 2 N–H and O–H groups in total. The van der Waals surface area contributed by atoms with Crippen molar-refractivity contribution in [2.45, 2.75) is 18.0 Å². The number of carbonyl (C=O) groups is 1. The van der Waals surface area contributed by atoms with E-state index in [9.17, 15) is 26.4 Å². The van der Waals surface area contributed by atoms with E-state index in [4.69, 9.17) is 11.6 Å². The molecule has 6 nitrogen and oxygen atoms in total. The third-order valence-corrected chi connectivity index (χ3v) is 6.48. The molecule has 0 aliphatic rings. The van der Waals surface area contributed by atoms with E-state index in [1.807, 2.05) is 0 Å². The highest BCUT2D eigenvalue weighted by molar-refractivity contribution is 7.93. The van der Waals surface area contributed by atoms with Gasteiger partial charge in [-0.2, -0.15) is 13.2 Å². The van der Waals surface area contributed by atoms with Crippen molar-refractivity contribution in [3.63, 3.8) is 0 Å². The fraction of sp³-hybridized carbons (Fsp3) is 0.111. The Morgan fingerprint density at radius 3 is 2.40 bits per heavy atom. The Morgan fingerprint density at radius 2 is 1.80 bits per heavy atom. The van der Waals surface area contributed by atoms with Gasteiger partial charge in [0.15, 0.2) is 5.13 Å². The number of benzene rings is 2. The molecule has 30 heavy (non-hydrogen) atoms. The number of hydrogen-bond donors (Lipinski definition) is 2. The molecule has 158 valence electrons. The number of anilines is 2. The number of nitrogens with zero attached hydrogens (tertiary/aromatic N) is 1. The predicted octanol–water partition coefficient (Wildman–Crippen LogP) is 5.24. The molecule has 1 aromatic heterocycles. The van der Waals surface area contributed by atoms with Crippen LogP contribution in [0.3, 0.4) is 0 Å². The molecule has 3 aromatic rings. The number of sulfonamides is 1. The van der Waals surface area contributed by atoms with Crippen molar-refractivity contribution < 1.29 is 26.4 Å². The highest BCUT2D eigenvalue weighted by atomic mass is 35.5. The second-order valence-corrected chi connectivity index (χ2v) is 8.96. The van der Waals surface area contributed by atoms with Gasteiger partial charge in [-0.05, 0) is 30.3 Å². The second-order valence-electron chi connectivity index (χ2n) is 6.04. The Morgan fingerprint density at radius 1 is 1.13 bits per heavy atom. The topological polar surface area (TPSA) is 88.2 Å². The van der Waals surface area contributed by atoms with Crippen LogP contribution in [-0.2, 0) is 21.0 Å². The zero-order valence-electron chi connectivity index (χ0n) is 15.1. The van der Waals surface area contributed by atoms with E-state index in [0.29, 0.717) is 29.1 Å². The van der Waals surface area contributed by atoms with Crippen LogP contribution < -0.4 is 10.0 Å². The van der Waals surface area contributed by atoms with Gasteiger partial charge in [0.25, 0.3) is 10.0 Å². The summed E-state index contributed by atoms with van der Waals surface area (Å²) in [7, 11) is -4.40. The molecule has 0 spiro atoms. The molecule has 0 saturated heterocycles. The van der Waals surface area contributed by atoms with Gasteiger partial charge in [0.05, 0.1) is 16.3 Å². The van der Waals surface area contributed by atoms with Crippen LogP contribution in [0.1, 0.15) is 12.5 Å². The summed E-state index contributed by atoms with van der Waals surface area (Å²) in [6.07, 6.45) is -4.72. The molecule has 0 unspecified atom stereocenters. The summed E-state index contributed by atoms with van der Waals surface area (Å²) in [4.78, 5) is 14.5. The summed E-state index contributed by atoms with van der Waals surface area (Å²) in [5.41, 5.74) is 0.554. The number of hydrogen-bond acceptors (Lipinski definition) is 5. The fourth-order valence-electron chi connectivity index (χ4n) is 2.44. The lowest BCUT2D eigenvalue weighted by Crippen LogP contribution is -2.15. The average molecular weight is 476 g/mol. The third-order valence-electron chi connectivity index (χ3n) is 3.77. The molecular weight excluding hydrogens is 463 g/mol. The number of alkyl halides is 3. The molecule has 1 amide bonds.